The minimum atomic E-state index is 0.111. The molecule has 2 aromatic carbocycles. The summed E-state index contributed by atoms with van der Waals surface area (Å²) in [5.41, 5.74) is 3.11. The molecule has 0 aliphatic carbocycles. The molecule has 0 N–H and O–H groups in total. The average molecular weight is 349 g/mol. The van der Waals surface area contributed by atoms with Crippen molar-refractivity contribution in [3.05, 3.63) is 78.1 Å². The van der Waals surface area contributed by atoms with E-state index in [-0.39, 0.29) is 5.91 Å². The number of aryl methyl sites for hydroxylation is 1. The number of ether oxygens (including phenoxy) is 1. The summed E-state index contributed by atoms with van der Waals surface area (Å²) in [5.74, 6) is 0.928. The fraction of sp³-hybridized carbons (Fsp3) is 0.238. The molecular formula is C21H23N3O2. The predicted molar refractivity (Wildman–Crippen MR) is 101 cm³/mol. The maximum absolute atomic E-state index is 12.4. The summed E-state index contributed by atoms with van der Waals surface area (Å²) in [6.45, 7) is 0.545. The molecule has 3 rings (SSSR count). The molecule has 0 unspecified atom stereocenters. The van der Waals surface area contributed by atoms with Gasteiger partial charge in [-0.1, -0.05) is 30.3 Å². The van der Waals surface area contributed by atoms with Crippen LogP contribution in [0.25, 0.3) is 5.69 Å². The first-order chi connectivity index (χ1) is 12.7. The number of carbonyl (C=O) groups excluding carboxylic acids is 1. The van der Waals surface area contributed by atoms with Crippen LogP contribution in [-0.2, 0) is 17.8 Å². The Hall–Kier alpha value is -3.08. The van der Waals surface area contributed by atoms with Crippen molar-refractivity contribution in [3.8, 4) is 11.4 Å². The monoisotopic (exact) mass is 349 g/mol. The van der Waals surface area contributed by atoms with Crippen LogP contribution in [0.3, 0.4) is 0 Å². The van der Waals surface area contributed by atoms with Gasteiger partial charge in [-0.3, -0.25) is 4.79 Å². The Bertz CT molecular complexity index is 858. The van der Waals surface area contributed by atoms with Crippen molar-refractivity contribution in [1.82, 2.24) is 14.7 Å². The maximum atomic E-state index is 12.4. The van der Waals surface area contributed by atoms with E-state index in [1.54, 1.807) is 18.2 Å². The molecule has 0 atom stereocenters. The van der Waals surface area contributed by atoms with E-state index in [2.05, 4.69) is 5.10 Å². The molecule has 0 spiro atoms. The van der Waals surface area contributed by atoms with E-state index in [4.69, 9.17) is 4.74 Å². The van der Waals surface area contributed by atoms with Crippen LogP contribution < -0.4 is 4.74 Å². The molecule has 0 aliphatic rings. The van der Waals surface area contributed by atoms with Gasteiger partial charge in [0.2, 0.25) is 5.91 Å². The van der Waals surface area contributed by atoms with Crippen LogP contribution in [0, 0.1) is 0 Å². The molecule has 1 amide bonds. The van der Waals surface area contributed by atoms with Gasteiger partial charge in [0, 0.05) is 31.8 Å². The third-order valence-electron chi connectivity index (χ3n) is 4.26. The van der Waals surface area contributed by atoms with Crippen LogP contribution in [-0.4, -0.2) is 34.7 Å². The Balaban J connectivity index is 1.55. The summed E-state index contributed by atoms with van der Waals surface area (Å²) in [5, 5.41) is 4.38. The molecule has 1 aromatic heterocycles. The summed E-state index contributed by atoms with van der Waals surface area (Å²) in [6.07, 6.45) is 4.93. The van der Waals surface area contributed by atoms with E-state index in [1.165, 1.54) is 0 Å². The third-order valence-corrected chi connectivity index (χ3v) is 4.26. The highest BCUT2D eigenvalue weighted by Gasteiger charge is 2.11. The standard InChI is InChI=1S/C21H23N3O2/c1-23(21(25)12-11-17-7-6-10-20(13-17)26-2)15-18-14-22-24(16-18)19-8-4-3-5-9-19/h3-10,13-14,16H,11-12,15H2,1-2H3. The normalized spacial score (nSPS) is 10.5. The molecule has 5 heteroatoms. The topological polar surface area (TPSA) is 47.4 Å². The van der Waals surface area contributed by atoms with Crippen LogP contribution in [0.5, 0.6) is 5.75 Å². The van der Waals surface area contributed by atoms with Gasteiger partial charge in [-0.15, -0.1) is 0 Å². The summed E-state index contributed by atoms with van der Waals surface area (Å²) in [6, 6.07) is 17.8. The molecule has 0 aliphatic heterocycles. The molecule has 0 radical (unpaired) electrons. The van der Waals surface area contributed by atoms with Gasteiger partial charge in [-0.25, -0.2) is 4.68 Å². The lowest BCUT2D eigenvalue weighted by molar-refractivity contribution is -0.130. The number of amides is 1. The molecule has 0 saturated heterocycles. The Morgan fingerprint density at radius 2 is 1.92 bits per heavy atom. The first kappa shape index (κ1) is 17.7. The van der Waals surface area contributed by atoms with Crippen LogP contribution in [0.15, 0.2) is 67.0 Å². The van der Waals surface area contributed by atoms with Crippen LogP contribution >= 0.6 is 0 Å². The van der Waals surface area contributed by atoms with E-state index in [9.17, 15) is 4.79 Å². The van der Waals surface area contributed by atoms with Crippen molar-refractivity contribution < 1.29 is 9.53 Å². The fourth-order valence-electron chi connectivity index (χ4n) is 2.80. The van der Waals surface area contributed by atoms with E-state index >= 15 is 0 Å². The van der Waals surface area contributed by atoms with Gasteiger partial charge in [0.05, 0.1) is 19.0 Å². The number of benzene rings is 2. The Kier molecular flexibility index (Phi) is 5.69. The van der Waals surface area contributed by atoms with Crippen molar-refractivity contribution in [2.24, 2.45) is 0 Å². The molecule has 26 heavy (non-hydrogen) atoms. The fourth-order valence-corrected chi connectivity index (χ4v) is 2.80. The van der Waals surface area contributed by atoms with Crippen molar-refractivity contribution >= 4 is 5.91 Å². The highest BCUT2D eigenvalue weighted by atomic mass is 16.5. The van der Waals surface area contributed by atoms with Gasteiger partial charge in [-0.05, 0) is 36.2 Å². The van der Waals surface area contributed by atoms with Gasteiger partial charge in [0.15, 0.2) is 0 Å². The number of hydrogen-bond acceptors (Lipinski definition) is 3. The van der Waals surface area contributed by atoms with Crippen LogP contribution in [0.4, 0.5) is 0 Å². The first-order valence-electron chi connectivity index (χ1n) is 8.61. The SMILES string of the molecule is COc1cccc(CCC(=O)N(C)Cc2cnn(-c3ccccc3)c2)c1. The zero-order chi connectivity index (χ0) is 18.4. The molecule has 0 bridgehead atoms. The van der Waals surface area contributed by atoms with Crippen molar-refractivity contribution in [2.45, 2.75) is 19.4 Å². The zero-order valence-corrected chi connectivity index (χ0v) is 15.1. The Labute approximate surface area is 153 Å². The second-order valence-electron chi connectivity index (χ2n) is 6.23. The second kappa shape index (κ2) is 8.34. The summed E-state index contributed by atoms with van der Waals surface area (Å²) >= 11 is 0. The van der Waals surface area contributed by atoms with E-state index < -0.39 is 0 Å². The smallest absolute Gasteiger partial charge is 0.222 e. The maximum Gasteiger partial charge on any atom is 0.222 e. The van der Waals surface area contributed by atoms with E-state index in [1.807, 2.05) is 72.5 Å². The number of methoxy groups -OCH3 is 1. The molecule has 0 saturated carbocycles. The number of para-hydroxylation sites is 1. The Morgan fingerprint density at radius 3 is 2.69 bits per heavy atom. The van der Waals surface area contributed by atoms with E-state index in [0.717, 1.165) is 22.6 Å². The summed E-state index contributed by atoms with van der Waals surface area (Å²) < 4.78 is 7.05. The van der Waals surface area contributed by atoms with Crippen LogP contribution in [0.2, 0.25) is 0 Å². The molecule has 3 aromatic rings. The van der Waals surface area contributed by atoms with Gasteiger partial charge in [0.25, 0.3) is 0 Å². The number of aromatic nitrogens is 2. The lowest BCUT2D eigenvalue weighted by atomic mass is 10.1. The molecule has 134 valence electrons. The number of hydrogen-bond donors (Lipinski definition) is 0. The number of rotatable bonds is 7. The average Bonchev–Trinajstić information content (AvgIpc) is 3.15. The number of carbonyl (C=O) groups is 1. The van der Waals surface area contributed by atoms with Gasteiger partial charge < -0.3 is 9.64 Å². The molecular weight excluding hydrogens is 326 g/mol. The Morgan fingerprint density at radius 1 is 1.12 bits per heavy atom. The van der Waals surface area contributed by atoms with Crippen molar-refractivity contribution in [2.75, 3.05) is 14.2 Å². The highest BCUT2D eigenvalue weighted by Crippen LogP contribution is 2.15. The molecule has 0 fully saturated rings. The predicted octanol–water partition coefficient (Wildman–Crippen LogP) is 3.47. The number of nitrogens with zero attached hydrogens (tertiary/aromatic N) is 3. The second-order valence-corrected chi connectivity index (χ2v) is 6.23. The van der Waals surface area contributed by atoms with Crippen molar-refractivity contribution in [3.63, 3.8) is 0 Å². The quantitative estimate of drug-likeness (QED) is 0.656. The third kappa shape index (κ3) is 4.51. The van der Waals surface area contributed by atoms with Gasteiger partial charge in [-0.2, -0.15) is 5.10 Å². The van der Waals surface area contributed by atoms with Gasteiger partial charge in [0.1, 0.15) is 5.75 Å². The molecule has 5 nitrogen and oxygen atoms in total. The highest BCUT2D eigenvalue weighted by molar-refractivity contribution is 5.76. The minimum Gasteiger partial charge on any atom is -0.497 e. The summed E-state index contributed by atoms with van der Waals surface area (Å²) in [4.78, 5) is 14.2. The lowest BCUT2D eigenvalue weighted by Gasteiger charge is -2.16. The van der Waals surface area contributed by atoms with E-state index in [0.29, 0.717) is 19.4 Å². The molecule has 1 heterocycles. The first-order valence-corrected chi connectivity index (χ1v) is 8.61. The van der Waals surface area contributed by atoms with Gasteiger partial charge >= 0.3 is 0 Å². The lowest BCUT2D eigenvalue weighted by Crippen LogP contribution is -2.26. The largest absolute Gasteiger partial charge is 0.497 e. The summed E-state index contributed by atoms with van der Waals surface area (Å²) in [7, 11) is 3.47. The van der Waals surface area contributed by atoms with Crippen molar-refractivity contribution in [1.29, 1.82) is 0 Å². The van der Waals surface area contributed by atoms with Crippen LogP contribution in [0.1, 0.15) is 17.5 Å². The minimum absolute atomic E-state index is 0.111. The zero-order valence-electron chi connectivity index (χ0n) is 15.1.